The summed E-state index contributed by atoms with van der Waals surface area (Å²) >= 11 is 0. The molecule has 1 amide bonds. The Balaban J connectivity index is 2.06. The van der Waals surface area contributed by atoms with E-state index in [0.29, 0.717) is 11.6 Å². The van der Waals surface area contributed by atoms with Crippen LogP contribution >= 0.6 is 0 Å². The van der Waals surface area contributed by atoms with Crippen molar-refractivity contribution >= 4 is 17.5 Å². The molecule has 0 radical (unpaired) electrons. The molecule has 23 heavy (non-hydrogen) atoms. The number of aryl methyl sites for hydroxylation is 1. The lowest BCUT2D eigenvalue weighted by Gasteiger charge is -2.16. The lowest BCUT2D eigenvalue weighted by atomic mass is 10.1. The fraction of sp³-hybridized carbons (Fsp3) is 0.389. The monoisotopic (exact) mass is 312 g/mol. The van der Waals surface area contributed by atoms with Gasteiger partial charge in [-0.05, 0) is 36.6 Å². The number of nitrogens with one attached hydrogen (secondary N) is 1. The quantitative estimate of drug-likeness (QED) is 0.849. The van der Waals surface area contributed by atoms with Gasteiger partial charge >= 0.3 is 0 Å². The van der Waals surface area contributed by atoms with Crippen molar-refractivity contribution in [3.63, 3.8) is 0 Å². The third kappa shape index (κ3) is 4.77. The zero-order valence-corrected chi connectivity index (χ0v) is 14.0. The molecule has 0 fully saturated rings. The predicted molar refractivity (Wildman–Crippen MR) is 94.0 cm³/mol. The number of benzene rings is 1. The van der Waals surface area contributed by atoms with E-state index in [2.05, 4.69) is 29.1 Å². The number of aromatic nitrogens is 2. The van der Waals surface area contributed by atoms with Crippen LogP contribution in [0.4, 0.5) is 11.6 Å². The van der Waals surface area contributed by atoms with Crippen LogP contribution in [0.5, 0.6) is 0 Å². The summed E-state index contributed by atoms with van der Waals surface area (Å²) in [5, 5.41) is 2.87. The summed E-state index contributed by atoms with van der Waals surface area (Å²) in [4.78, 5) is 22.9. The summed E-state index contributed by atoms with van der Waals surface area (Å²) in [5.41, 5.74) is 2.38. The molecule has 122 valence electrons. The Kier molecular flexibility index (Phi) is 6.09. The smallest absolute Gasteiger partial charge is 0.274 e. The van der Waals surface area contributed by atoms with Gasteiger partial charge in [-0.1, -0.05) is 32.4 Å². The number of nitrogens with zero attached hydrogens (tertiary/aromatic N) is 3. The second kappa shape index (κ2) is 8.27. The van der Waals surface area contributed by atoms with Crippen LogP contribution in [0, 0.1) is 0 Å². The Morgan fingerprint density at radius 3 is 2.57 bits per heavy atom. The SMILES string of the molecule is CCCCN(C)c1nccc(C(=O)Nc2ccc(CC)cc2)n1. The summed E-state index contributed by atoms with van der Waals surface area (Å²) in [5.74, 6) is 0.356. The van der Waals surface area contributed by atoms with Gasteiger partial charge in [-0.15, -0.1) is 0 Å². The number of carbonyl (C=O) groups is 1. The van der Waals surface area contributed by atoms with Gasteiger partial charge in [0.1, 0.15) is 5.69 Å². The molecule has 1 aromatic heterocycles. The molecule has 0 saturated heterocycles. The minimum atomic E-state index is -0.221. The average Bonchev–Trinajstić information content (AvgIpc) is 2.60. The first-order valence-electron chi connectivity index (χ1n) is 8.08. The van der Waals surface area contributed by atoms with Gasteiger partial charge in [0.2, 0.25) is 5.95 Å². The number of hydrogen-bond donors (Lipinski definition) is 1. The molecule has 5 nitrogen and oxygen atoms in total. The normalized spacial score (nSPS) is 10.4. The Morgan fingerprint density at radius 2 is 1.91 bits per heavy atom. The number of anilines is 2. The number of rotatable bonds is 7. The number of hydrogen-bond acceptors (Lipinski definition) is 4. The summed E-state index contributed by atoms with van der Waals surface area (Å²) < 4.78 is 0. The average molecular weight is 312 g/mol. The van der Waals surface area contributed by atoms with Gasteiger partial charge in [0, 0.05) is 25.5 Å². The largest absolute Gasteiger partial charge is 0.344 e. The molecule has 0 aliphatic rings. The summed E-state index contributed by atoms with van der Waals surface area (Å²) in [6.45, 7) is 5.12. The molecule has 0 spiro atoms. The first kappa shape index (κ1) is 16.9. The molecule has 2 rings (SSSR count). The Labute approximate surface area is 137 Å². The molecular formula is C18H24N4O. The zero-order valence-electron chi connectivity index (χ0n) is 14.0. The molecule has 0 bridgehead atoms. The van der Waals surface area contributed by atoms with E-state index in [1.807, 2.05) is 36.2 Å². The molecule has 0 atom stereocenters. The summed E-state index contributed by atoms with van der Waals surface area (Å²) in [7, 11) is 1.94. The molecular weight excluding hydrogens is 288 g/mol. The molecule has 5 heteroatoms. The third-order valence-corrected chi connectivity index (χ3v) is 3.68. The van der Waals surface area contributed by atoms with Crippen LogP contribution in [-0.4, -0.2) is 29.5 Å². The van der Waals surface area contributed by atoms with Crippen LogP contribution in [0.3, 0.4) is 0 Å². The molecule has 1 N–H and O–H groups in total. The van der Waals surface area contributed by atoms with E-state index in [9.17, 15) is 4.79 Å². The Hall–Kier alpha value is -2.43. The number of unbranched alkanes of at least 4 members (excludes halogenated alkanes) is 1. The minimum Gasteiger partial charge on any atom is -0.344 e. The van der Waals surface area contributed by atoms with Crippen molar-refractivity contribution in [2.24, 2.45) is 0 Å². The predicted octanol–water partition coefficient (Wildman–Crippen LogP) is 3.53. The van der Waals surface area contributed by atoms with Gasteiger partial charge in [-0.2, -0.15) is 0 Å². The highest BCUT2D eigenvalue weighted by Crippen LogP contribution is 2.12. The van der Waals surface area contributed by atoms with Crippen molar-refractivity contribution in [2.45, 2.75) is 33.1 Å². The Morgan fingerprint density at radius 1 is 1.17 bits per heavy atom. The molecule has 0 saturated carbocycles. The highest BCUT2D eigenvalue weighted by molar-refractivity contribution is 6.02. The fourth-order valence-electron chi connectivity index (χ4n) is 2.17. The first-order valence-corrected chi connectivity index (χ1v) is 8.08. The maximum absolute atomic E-state index is 12.3. The van der Waals surface area contributed by atoms with Gasteiger partial charge in [-0.3, -0.25) is 4.79 Å². The minimum absolute atomic E-state index is 0.221. The van der Waals surface area contributed by atoms with E-state index in [4.69, 9.17) is 0 Å². The molecule has 2 aromatic rings. The van der Waals surface area contributed by atoms with Crippen molar-refractivity contribution in [1.82, 2.24) is 9.97 Å². The van der Waals surface area contributed by atoms with Crippen LogP contribution in [0.2, 0.25) is 0 Å². The molecule has 0 unspecified atom stereocenters. The van der Waals surface area contributed by atoms with E-state index < -0.39 is 0 Å². The van der Waals surface area contributed by atoms with Gasteiger partial charge in [0.05, 0.1) is 0 Å². The lowest BCUT2D eigenvalue weighted by molar-refractivity contribution is 0.102. The summed E-state index contributed by atoms with van der Waals surface area (Å²) in [6.07, 6.45) is 4.78. The first-order chi connectivity index (χ1) is 11.1. The number of amides is 1. The van der Waals surface area contributed by atoms with Crippen molar-refractivity contribution in [3.05, 3.63) is 47.8 Å². The van der Waals surface area contributed by atoms with Gasteiger partial charge in [-0.25, -0.2) is 9.97 Å². The standard InChI is InChI=1S/C18H24N4O/c1-4-6-13-22(3)18-19-12-11-16(21-18)17(23)20-15-9-7-14(5-2)8-10-15/h7-12H,4-6,13H2,1-3H3,(H,20,23). The molecule has 1 heterocycles. The van der Waals surface area contributed by atoms with E-state index >= 15 is 0 Å². The zero-order chi connectivity index (χ0) is 16.7. The topological polar surface area (TPSA) is 58.1 Å². The molecule has 0 aliphatic heterocycles. The van der Waals surface area contributed by atoms with Crippen LogP contribution in [0.15, 0.2) is 36.5 Å². The van der Waals surface area contributed by atoms with Crippen molar-refractivity contribution in [3.8, 4) is 0 Å². The second-order valence-electron chi connectivity index (χ2n) is 5.52. The van der Waals surface area contributed by atoms with E-state index in [0.717, 1.165) is 31.5 Å². The van der Waals surface area contributed by atoms with E-state index in [-0.39, 0.29) is 5.91 Å². The van der Waals surface area contributed by atoms with Crippen molar-refractivity contribution < 1.29 is 4.79 Å². The van der Waals surface area contributed by atoms with Crippen LogP contribution < -0.4 is 10.2 Å². The van der Waals surface area contributed by atoms with Crippen molar-refractivity contribution in [1.29, 1.82) is 0 Å². The van der Waals surface area contributed by atoms with E-state index in [1.54, 1.807) is 12.3 Å². The maximum atomic E-state index is 12.3. The highest BCUT2D eigenvalue weighted by Gasteiger charge is 2.11. The van der Waals surface area contributed by atoms with E-state index in [1.165, 1.54) is 5.56 Å². The number of carbonyl (C=O) groups excluding carboxylic acids is 1. The maximum Gasteiger partial charge on any atom is 0.274 e. The third-order valence-electron chi connectivity index (χ3n) is 3.68. The lowest BCUT2D eigenvalue weighted by Crippen LogP contribution is -2.22. The molecule has 0 aliphatic carbocycles. The highest BCUT2D eigenvalue weighted by atomic mass is 16.1. The Bertz CT molecular complexity index is 640. The second-order valence-corrected chi connectivity index (χ2v) is 5.52. The van der Waals surface area contributed by atoms with Crippen LogP contribution in [0.25, 0.3) is 0 Å². The van der Waals surface area contributed by atoms with Gasteiger partial charge in [0.25, 0.3) is 5.91 Å². The van der Waals surface area contributed by atoms with Gasteiger partial charge < -0.3 is 10.2 Å². The van der Waals surface area contributed by atoms with Crippen LogP contribution in [0.1, 0.15) is 42.7 Å². The molecule has 1 aromatic carbocycles. The van der Waals surface area contributed by atoms with Crippen molar-refractivity contribution in [2.75, 3.05) is 23.8 Å². The van der Waals surface area contributed by atoms with Crippen LogP contribution in [-0.2, 0) is 6.42 Å². The fourth-order valence-corrected chi connectivity index (χ4v) is 2.17. The summed E-state index contributed by atoms with van der Waals surface area (Å²) in [6, 6.07) is 9.48. The van der Waals surface area contributed by atoms with Gasteiger partial charge in [0.15, 0.2) is 0 Å².